The minimum atomic E-state index is -0.740. The first kappa shape index (κ1) is 22.2. The summed E-state index contributed by atoms with van der Waals surface area (Å²) in [5.74, 6) is 0.179. The number of hydrogen-bond acceptors (Lipinski definition) is 7. The Balaban J connectivity index is 1.41. The molecule has 0 spiro atoms. The molecule has 9 heteroatoms. The first-order valence-electron chi connectivity index (χ1n) is 9.87. The van der Waals surface area contributed by atoms with E-state index in [9.17, 15) is 9.59 Å². The van der Waals surface area contributed by atoms with Crippen LogP contribution in [0, 0.1) is 0 Å². The van der Waals surface area contributed by atoms with Gasteiger partial charge in [-0.25, -0.2) is 0 Å². The maximum atomic E-state index is 13.0. The molecule has 32 heavy (non-hydrogen) atoms. The summed E-state index contributed by atoms with van der Waals surface area (Å²) in [6, 6.07) is 22.5. The maximum Gasteiger partial charge on any atom is 0.262 e. The molecule has 2 N–H and O–H groups in total. The Bertz CT molecular complexity index is 1150. The third-order valence-corrected chi connectivity index (χ3v) is 7.40. The highest BCUT2D eigenvalue weighted by Gasteiger charge is 2.23. The van der Waals surface area contributed by atoms with Crippen LogP contribution in [0.3, 0.4) is 0 Å². The Labute approximate surface area is 198 Å². The van der Waals surface area contributed by atoms with Gasteiger partial charge >= 0.3 is 0 Å². The Morgan fingerprint density at radius 1 is 0.906 bits per heavy atom. The van der Waals surface area contributed by atoms with Crippen molar-refractivity contribution in [3.8, 4) is 0 Å². The van der Waals surface area contributed by atoms with Crippen molar-refractivity contribution in [2.24, 2.45) is 0 Å². The lowest BCUT2D eigenvalue weighted by Gasteiger charge is -2.17. The number of benzene rings is 2. The number of amides is 2. The summed E-state index contributed by atoms with van der Waals surface area (Å²) in [7, 11) is 0. The number of nitrogens with one attached hydrogen (secondary N) is 2. The minimum absolute atomic E-state index is 0.271. The fourth-order valence-electron chi connectivity index (χ4n) is 2.93. The third-order valence-electron chi connectivity index (χ3n) is 4.49. The minimum Gasteiger partial charge on any atom is -0.339 e. The fourth-order valence-corrected chi connectivity index (χ4v) is 5.26. The lowest BCUT2D eigenvalue weighted by atomic mass is 10.1. The number of aromatic nitrogens is 2. The molecule has 0 radical (unpaired) electrons. The second kappa shape index (κ2) is 11.0. The topological polar surface area (TPSA) is 84.0 Å². The van der Waals surface area contributed by atoms with Crippen LogP contribution < -0.4 is 10.6 Å². The number of carbonyl (C=O) groups is 2. The molecule has 0 aliphatic carbocycles. The lowest BCUT2D eigenvalue weighted by Crippen LogP contribution is -2.45. The summed E-state index contributed by atoms with van der Waals surface area (Å²) in [5.41, 5.74) is 2.15. The number of thioether (sulfide) groups is 1. The van der Waals surface area contributed by atoms with Gasteiger partial charge in [0.15, 0.2) is 4.34 Å². The quantitative estimate of drug-likeness (QED) is 0.264. The summed E-state index contributed by atoms with van der Waals surface area (Å²) in [6.45, 7) is 0. The first-order chi connectivity index (χ1) is 15.7. The summed E-state index contributed by atoms with van der Waals surface area (Å²) < 4.78 is 0.770. The molecule has 162 valence electrons. The van der Waals surface area contributed by atoms with Crippen LogP contribution >= 0.6 is 34.4 Å². The number of anilines is 1. The monoisotopic (exact) mass is 480 g/mol. The SMILES string of the molecule is O=C(NC(Cc1ccccc1)C(=O)Nc1nnc(SCc2ccccc2)s1)c1cccs1. The molecule has 2 aromatic carbocycles. The van der Waals surface area contributed by atoms with E-state index in [4.69, 9.17) is 0 Å². The van der Waals surface area contributed by atoms with Crippen molar-refractivity contribution in [3.05, 3.63) is 94.2 Å². The van der Waals surface area contributed by atoms with E-state index in [2.05, 4.69) is 33.0 Å². The zero-order valence-electron chi connectivity index (χ0n) is 16.9. The molecule has 4 rings (SSSR count). The van der Waals surface area contributed by atoms with Gasteiger partial charge in [-0.2, -0.15) is 0 Å². The third kappa shape index (κ3) is 6.25. The zero-order valence-corrected chi connectivity index (χ0v) is 19.4. The zero-order chi connectivity index (χ0) is 22.2. The van der Waals surface area contributed by atoms with Crippen LogP contribution in [0.25, 0.3) is 0 Å². The molecule has 0 aliphatic rings. The number of carbonyl (C=O) groups excluding carboxylic acids is 2. The van der Waals surface area contributed by atoms with Crippen LogP contribution in [-0.2, 0) is 17.0 Å². The molecule has 0 saturated carbocycles. The number of hydrogen-bond donors (Lipinski definition) is 2. The fraction of sp³-hybridized carbons (Fsp3) is 0.130. The summed E-state index contributed by atoms with van der Waals surface area (Å²) in [4.78, 5) is 26.2. The largest absolute Gasteiger partial charge is 0.339 e. The number of nitrogens with zero attached hydrogens (tertiary/aromatic N) is 2. The van der Waals surface area contributed by atoms with E-state index >= 15 is 0 Å². The van der Waals surface area contributed by atoms with Crippen molar-refractivity contribution in [1.29, 1.82) is 0 Å². The highest BCUT2D eigenvalue weighted by atomic mass is 32.2. The molecule has 4 aromatic rings. The Kier molecular flexibility index (Phi) is 7.65. The highest BCUT2D eigenvalue weighted by Crippen LogP contribution is 2.28. The van der Waals surface area contributed by atoms with Gasteiger partial charge in [0.25, 0.3) is 5.91 Å². The van der Waals surface area contributed by atoms with Gasteiger partial charge in [-0.1, -0.05) is 89.8 Å². The highest BCUT2D eigenvalue weighted by molar-refractivity contribution is 8.00. The predicted octanol–water partition coefficient (Wildman–Crippen LogP) is 4.87. The van der Waals surface area contributed by atoms with Gasteiger partial charge in [0.1, 0.15) is 6.04 Å². The average Bonchev–Trinajstić information content (AvgIpc) is 3.51. The molecule has 0 saturated heterocycles. The lowest BCUT2D eigenvalue weighted by molar-refractivity contribution is -0.118. The number of rotatable bonds is 9. The van der Waals surface area contributed by atoms with E-state index in [-0.39, 0.29) is 11.8 Å². The van der Waals surface area contributed by atoms with Gasteiger partial charge < -0.3 is 5.32 Å². The van der Waals surface area contributed by atoms with Gasteiger partial charge in [0.05, 0.1) is 4.88 Å². The Morgan fingerprint density at radius 2 is 1.62 bits per heavy atom. The van der Waals surface area contributed by atoms with Crippen molar-refractivity contribution in [1.82, 2.24) is 15.5 Å². The first-order valence-corrected chi connectivity index (χ1v) is 12.5. The van der Waals surface area contributed by atoms with Gasteiger partial charge in [-0.3, -0.25) is 14.9 Å². The normalized spacial score (nSPS) is 11.6. The molecular weight excluding hydrogens is 460 g/mol. The average molecular weight is 481 g/mol. The Hall–Kier alpha value is -3.01. The molecule has 1 unspecified atom stereocenters. The molecule has 0 bridgehead atoms. The molecule has 2 heterocycles. The molecule has 0 aliphatic heterocycles. The summed E-state index contributed by atoms with van der Waals surface area (Å²) in [5, 5.41) is 16.2. The molecule has 2 amide bonds. The van der Waals surface area contributed by atoms with E-state index in [1.807, 2.05) is 60.0 Å². The van der Waals surface area contributed by atoms with Crippen molar-refractivity contribution in [3.63, 3.8) is 0 Å². The predicted molar refractivity (Wildman–Crippen MR) is 130 cm³/mol. The van der Waals surface area contributed by atoms with Crippen molar-refractivity contribution in [2.75, 3.05) is 5.32 Å². The summed E-state index contributed by atoms with van der Waals surface area (Å²) in [6.07, 6.45) is 0.373. The second-order valence-electron chi connectivity index (χ2n) is 6.83. The number of thiophene rings is 1. The van der Waals surface area contributed by atoms with Crippen LogP contribution in [0.2, 0.25) is 0 Å². The Morgan fingerprint density at radius 3 is 2.31 bits per heavy atom. The van der Waals surface area contributed by atoms with Gasteiger partial charge in [-0.15, -0.1) is 21.5 Å². The van der Waals surface area contributed by atoms with E-state index in [1.165, 1.54) is 28.2 Å². The standard InChI is InChI=1S/C23H20N4O2S3/c28-20(25-22-26-27-23(32-22)31-15-17-10-5-2-6-11-17)18(14-16-8-3-1-4-9-16)24-21(29)19-12-7-13-30-19/h1-13,18H,14-15H2,(H,24,29)(H,25,26,28). The maximum absolute atomic E-state index is 13.0. The van der Waals surface area contributed by atoms with Crippen LogP contribution in [0.1, 0.15) is 20.8 Å². The van der Waals surface area contributed by atoms with Gasteiger partial charge in [0.2, 0.25) is 11.0 Å². The van der Waals surface area contributed by atoms with Crippen LogP contribution in [0.5, 0.6) is 0 Å². The summed E-state index contributed by atoms with van der Waals surface area (Å²) >= 11 is 4.22. The van der Waals surface area contributed by atoms with Gasteiger partial charge in [0, 0.05) is 12.2 Å². The van der Waals surface area contributed by atoms with Crippen LogP contribution in [0.4, 0.5) is 5.13 Å². The van der Waals surface area contributed by atoms with E-state index in [0.29, 0.717) is 16.4 Å². The molecule has 6 nitrogen and oxygen atoms in total. The van der Waals surface area contributed by atoms with E-state index < -0.39 is 6.04 Å². The molecule has 0 fully saturated rings. The van der Waals surface area contributed by atoms with Crippen LogP contribution in [-0.4, -0.2) is 28.1 Å². The van der Waals surface area contributed by atoms with E-state index in [0.717, 1.165) is 15.7 Å². The van der Waals surface area contributed by atoms with Crippen LogP contribution in [0.15, 0.2) is 82.5 Å². The van der Waals surface area contributed by atoms with Crippen molar-refractivity contribution >= 4 is 51.4 Å². The van der Waals surface area contributed by atoms with Crippen molar-refractivity contribution in [2.45, 2.75) is 22.6 Å². The second-order valence-corrected chi connectivity index (χ2v) is 9.98. The molecule has 1 atom stereocenters. The van der Waals surface area contributed by atoms with Gasteiger partial charge in [-0.05, 0) is 22.6 Å². The smallest absolute Gasteiger partial charge is 0.262 e. The van der Waals surface area contributed by atoms with E-state index in [1.54, 1.807) is 17.8 Å². The molecular formula is C23H20N4O2S3. The molecule has 2 aromatic heterocycles. The van der Waals surface area contributed by atoms with Crippen molar-refractivity contribution < 1.29 is 9.59 Å².